The van der Waals surface area contributed by atoms with Crippen molar-refractivity contribution < 1.29 is 19.0 Å². The number of hydrogen-bond acceptors (Lipinski definition) is 7. The number of carbonyl (C=O) groups excluding carboxylic acids is 1. The number of nitrogens with one attached hydrogen (secondary N) is 1. The molecule has 0 bridgehead atoms. The first kappa shape index (κ1) is 23.2. The Morgan fingerprint density at radius 2 is 1.62 bits per heavy atom. The molecule has 1 amide bonds. The van der Waals surface area contributed by atoms with Crippen LogP contribution in [0.5, 0.6) is 17.2 Å². The molecule has 4 aromatic rings. The zero-order valence-electron chi connectivity index (χ0n) is 19.0. The van der Waals surface area contributed by atoms with Gasteiger partial charge in [-0.05, 0) is 36.4 Å². The first-order valence-corrected chi connectivity index (χ1v) is 11.4. The summed E-state index contributed by atoms with van der Waals surface area (Å²) in [6, 6.07) is 22.6. The minimum atomic E-state index is -0.199. The topological polar surface area (TPSA) is 87.5 Å². The van der Waals surface area contributed by atoms with Crippen LogP contribution in [0.15, 0.2) is 78.0 Å². The lowest BCUT2D eigenvalue weighted by molar-refractivity contribution is -0.113. The van der Waals surface area contributed by atoms with Crippen molar-refractivity contribution in [3.8, 4) is 34.3 Å². The van der Waals surface area contributed by atoms with Gasteiger partial charge in [0.05, 0.1) is 38.3 Å². The molecular weight excluding hydrogens is 452 g/mol. The number of ether oxygens (including phenoxy) is 3. The van der Waals surface area contributed by atoms with Gasteiger partial charge < -0.3 is 19.5 Å². The fraction of sp³-hybridized carbons (Fsp3) is 0.160. The Morgan fingerprint density at radius 3 is 2.35 bits per heavy atom. The first-order valence-electron chi connectivity index (χ1n) is 10.4. The van der Waals surface area contributed by atoms with Gasteiger partial charge in [0.25, 0.3) is 0 Å². The van der Waals surface area contributed by atoms with Gasteiger partial charge in [-0.1, -0.05) is 42.1 Å². The zero-order valence-corrected chi connectivity index (χ0v) is 19.8. The van der Waals surface area contributed by atoms with E-state index in [1.807, 2.05) is 59.2 Å². The Morgan fingerprint density at radius 1 is 0.882 bits per heavy atom. The summed E-state index contributed by atoms with van der Waals surface area (Å²) >= 11 is 1.29. The third-order valence-corrected chi connectivity index (χ3v) is 5.94. The summed E-state index contributed by atoms with van der Waals surface area (Å²) in [6.45, 7) is 0. The van der Waals surface area contributed by atoms with E-state index in [2.05, 4.69) is 15.5 Å². The highest BCUT2D eigenvalue weighted by Crippen LogP contribution is 2.33. The van der Waals surface area contributed by atoms with Crippen molar-refractivity contribution in [2.24, 2.45) is 0 Å². The molecule has 0 spiro atoms. The molecule has 0 saturated carbocycles. The Bertz CT molecular complexity index is 1280. The van der Waals surface area contributed by atoms with E-state index >= 15 is 0 Å². The molecule has 174 valence electrons. The molecule has 8 nitrogen and oxygen atoms in total. The predicted octanol–water partition coefficient (Wildman–Crippen LogP) is 4.69. The number of amides is 1. The number of carbonyl (C=O) groups is 1. The molecular formula is C25H24N4O4S. The van der Waals surface area contributed by atoms with Gasteiger partial charge in [0.1, 0.15) is 17.2 Å². The molecule has 1 N–H and O–H groups in total. The Hall–Kier alpha value is -3.98. The number of anilines is 1. The smallest absolute Gasteiger partial charge is 0.234 e. The van der Waals surface area contributed by atoms with E-state index in [0.29, 0.717) is 33.9 Å². The molecule has 0 radical (unpaired) electrons. The molecule has 0 aliphatic rings. The number of benzene rings is 3. The summed E-state index contributed by atoms with van der Waals surface area (Å²) in [6.07, 6.45) is 0. The van der Waals surface area contributed by atoms with Gasteiger partial charge in [0.15, 0.2) is 11.0 Å². The van der Waals surface area contributed by atoms with Crippen LogP contribution in [0, 0.1) is 0 Å². The van der Waals surface area contributed by atoms with E-state index in [0.717, 1.165) is 11.3 Å². The number of nitrogens with zero attached hydrogens (tertiary/aromatic N) is 3. The van der Waals surface area contributed by atoms with Gasteiger partial charge in [-0.25, -0.2) is 0 Å². The fourth-order valence-electron chi connectivity index (χ4n) is 3.40. The van der Waals surface area contributed by atoms with Gasteiger partial charge in [0, 0.05) is 11.8 Å². The van der Waals surface area contributed by atoms with Crippen LogP contribution in [0.2, 0.25) is 0 Å². The van der Waals surface area contributed by atoms with Gasteiger partial charge >= 0.3 is 0 Å². The van der Waals surface area contributed by atoms with Crippen LogP contribution in [0.1, 0.15) is 0 Å². The number of rotatable bonds is 9. The standard InChI is InChI=1S/C25H24N4O4S/c1-31-18-13-14-20(22(15-18)33-3)26-23(30)16-34-25-28-27-24(19-11-7-8-12-21(19)32-2)29(25)17-9-5-4-6-10-17/h4-15H,16H2,1-3H3,(H,26,30). The highest BCUT2D eigenvalue weighted by atomic mass is 32.2. The van der Waals surface area contributed by atoms with Gasteiger partial charge in [-0.15, -0.1) is 10.2 Å². The molecule has 9 heteroatoms. The molecule has 0 aliphatic heterocycles. The lowest BCUT2D eigenvalue weighted by Gasteiger charge is -2.13. The van der Waals surface area contributed by atoms with E-state index < -0.39 is 0 Å². The lowest BCUT2D eigenvalue weighted by atomic mass is 10.2. The van der Waals surface area contributed by atoms with Crippen molar-refractivity contribution in [2.45, 2.75) is 5.16 Å². The quantitative estimate of drug-likeness (QED) is 0.351. The fourth-order valence-corrected chi connectivity index (χ4v) is 4.15. The average molecular weight is 477 g/mol. The van der Waals surface area contributed by atoms with Crippen LogP contribution in [-0.2, 0) is 4.79 Å². The van der Waals surface area contributed by atoms with Crippen molar-refractivity contribution in [1.82, 2.24) is 14.8 Å². The van der Waals surface area contributed by atoms with Gasteiger partial charge in [0.2, 0.25) is 5.91 Å². The monoisotopic (exact) mass is 476 g/mol. The van der Waals surface area contributed by atoms with Crippen molar-refractivity contribution in [2.75, 3.05) is 32.4 Å². The molecule has 0 saturated heterocycles. The molecule has 0 atom stereocenters. The third kappa shape index (κ3) is 4.99. The van der Waals surface area contributed by atoms with Crippen LogP contribution in [0.25, 0.3) is 17.1 Å². The van der Waals surface area contributed by atoms with Gasteiger partial charge in [-0.2, -0.15) is 0 Å². The maximum Gasteiger partial charge on any atom is 0.234 e. The molecule has 1 aromatic heterocycles. The molecule has 0 fully saturated rings. The summed E-state index contributed by atoms with van der Waals surface area (Å²) in [4.78, 5) is 12.7. The third-order valence-electron chi connectivity index (χ3n) is 5.01. The van der Waals surface area contributed by atoms with Gasteiger partial charge in [-0.3, -0.25) is 9.36 Å². The molecule has 0 unspecified atom stereocenters. The maximum absolute atomic E-state index is 12.7. The number of para-hydroxylation sites is 2. The van der Waals surface area contributed by atoms with E-state index in [1.54, 1.807) is 39.5 Å². The highest BCUT2D eigenvalue weighted by molar-refractivity contribution is 7.99. The van der Waals surface area contributed by atoms with Crippen molar-refractivity contribution in [3.05, 3.63) is 72.8 Å². The van der Waals surface area contributed by atoms with E-state index in [9.17, 15) is 4.79 Å². The van der Waals surface area contributed by atoms with Crippen molar-refractivity contribution >= 4 is 23.4 Å². The number of thioether (sulfide) groups is 1. The van der Waals surface area contributed by atoms with Crippen LogP contribution in [0.3, 0.4) is 0 Å². The summed E-state index contributed by atoms with van der Waals surface area (Å²) in [5, 5.41) is 12.3. The maximum atomic E-state index is 12.7. The van der Waals surface area contributed by atoms with Crippen LogP contribution < -0.4 is 19.5 Å². The molecule has 4 rings (SSSR count). The second-order valence-corrected chi connectivity index (χ2v) is 8.02. The van der Waals surface area contributed by atoms with Crippen LogP contribution in [0.4, 0.5) is 5.69 Å². The zero-order chi connectivity index (χ0) is 23.9. The Kier molecular flexibility index (Phi) is 7.34. The molecule has 3 aromatic carbocycles. The summed E-state index contributed by atoms with van der Waals surface area (Å²) in [7, 11) is 4.74. The summed E-state index contributed by atoms with van der Waals surface area (Å²) in [5.74, 6) is 2.41. The number of methoxy groups -OCH3 is 3. The van der Waals surface area contributed by atoms with Crippen LogP contribution in [-0.4, -0.2) is 47.8 Å². The van der Waals surface area contributed by atoms with E-state index in [4.69, 9.17) is 14.2 Å². The normalized spacial score (nSPS) is 10.6. The Balaban J connectivity index is 1.59. The van der Waals surface area contributed by atoms with Crippen molar-refractivity contribution in [1.29, 1.82) is 0 Å². The van der Waals surface area contributed by atoms with E-state index in [-0.39, 0.29) is 11.7 Å². The number of hydrogen-bond donors (Lipinski definition) is 1. The van der Waals surface area contributed by atoms with E-state index in [1.165, 1.54) is 11.8 Å². The minimum Gasteiger partial charge on any atom is -0.497 e. The number of aromatic nitrogens is 3. The molecule has 0 aliphatic carbocycles. The first-order chi connectivity index (χ1) is 16.6. The largest absolute Gasteiger partial charge is 0.497 e. The average Bonchev–Trinajstić information content (AvgIpc) is 3.32. The van der Waals surface area contributed by atoms with Crippen molar-refractivity contribution in [3.63, 3.8) is 0 Å². The summed E-state index contributed by atoms with van der Waals surface area (Å²) < 4.78 is 18.0. The second kappa shape index (κ2) is 10.8. The summed E-state index contributed by atoms with van der Waals surface area (Å²) in [5.41, 5.74) is 2.25. The lowest BCUT2D eigenvalue weighted by Crippen LogP contribution is -2.15. The molecule has 1 heterocycles. The Labute approximate surface area is 201 Å². The predicted molar refractivity (Wildman–Crippen MR) is 132 cm³/mol. The van der Waals surface area contributed by atoms with Crippen LogP contribution >= 0.6 is 11.8 Å². The molecule has 34 heavy (non-hydrogen) atoms. The SMILES string of the molecule is COc1ccc(NC(=O)CSc2nnc(-c3ccccc3OC)n2-c2ccccc2)c(OC)c1. The highest BCUT2D eigenvalue weighted by Gasteiger charge is 2.20. The minimum absolute atomic E-state index is 0.131. The second-order valence-electron chi connectivity index (χ2n) is 7.08.